The zero-order valence-corrected chi connectivity index (χ0v) is 9.35. The van der Waals surface area contributed by atoms with Crippen LogP contribution < -0.4 is 0 Å². The third kappa shape index (κ3) is 2.65. The topological polar surface area (TPSA) is 33.1 Å². The van der Waals surface area contributed by atoms with Crippen LogP contribution in [0.4, 0.5) is 13.2 Å². The van der Waals surface area contributed by atoms with Crippen molar-refractivity contribution in [2.45, 2.75) is 12.5 Å². The van der Waals surface area contributed by atoms with Crippen LogP contribution in [0.25, 0.3) is 0 Å². The summed E-state index contributed by atoms with van der Waals surface area (Å²) in [6.45, 7) is 0. The Labute approximate surface area is 99.4 Å². The summed E-state index contributed by atoms with van der Waals surface area (Å²) in [5.74, 6) is -3.17. The van der Waals surface area contributed by atoms with Gasteiger partial charge >= 0.3 is 0 Å². The first-order valence-electron chi connectivity index (χ1n) is 4.78. The lowest BCUT2D eigenvalue weighted by molar-refractivity contribution is 0.169. The third-order valence-corrected chi connectivity index (χ3v) is 3.06. The molecule has 0 aliphatic rings. The predicted octanol–water partition coefficient (Wildman–Crippen LogP) is 2.84. The molecular formula is C11H8F3NOS. The molecule has 0 radical (unpaired) electrons. The Morgan fingerprint density at radius 2 is 1.88 bits per heavy atom. The molecule has 1 aromatic carbocycles. The second kappa shape index (κ2) is 4.85. The molecule has 90 valence electrons. The summed E-state index contributed by atoms with van der Waals surface area (Å²) in [4.78, 5) is 4.48. The first kappa shape index (κ1) is 12.1. The highest BCUT2D eigenvalue weighted by atomic mass is 32.1. The first-order chi connectivity index (χ1) is 8.08. The number of benzene rings is 1. The van der Waals surface area contributed by atoms with Gasteiger partial charge < -0.3 is 5.11 Å². The van der Waals surface area contributed by atoms with Crippen molar-refractivity contribution in [3.05, 3.63) is 51.7 Å². The zero-order valence-electron chi connectivity index (χ0n) is 8.53. The van der Waals surface area contributed by atoms with Crippen LogP contribution in [0.1, 0.15) is 16.5 Å². The minimum absolute atomic E-state index is 0.0458. The van der Waals surface area contributed by atoms with Crippen molar-refractivity contribution in [1.29, 1.82) is 0 Å². The van der Waals surface area contributed by atoms with E-state index in [4.69, 9.17) is 0 Å². The van der Waals surface area contributed by atoms with E-state index in [2.05, 4.69) is 4.98 Å². The minimum atomic E-state index is -1.35. The molecule has 1 N–H and O–H groups in total. The number of hydrogen-bond acceptors (Lipinski definition) is 3. The molecule has 0 aliphatic carbocycles. The molecule has 2 nitrogen and oxygen atoms in total. The SMILES string of the molecule is OC(Cc1cncs1)c1c(F)cc(F)cc1F. The summed E-state index contributed by atoms with van der Waals surface area (Å²) in [5.41, 5.74) is 1.04. The van der Waals surface area contributed by atoms with Gasteiger partial charge in [0.1, 0.15) is 17.5 Å². The van der Waals surface area contributed by atoms with Crippen LogP contribution in [0, 0.1) is 17.5 Å². The normalized spacial score (nSPS) is 12.7. The molecule has 1 heterocycles. The van der Waals surface area contributed by atoms with Crippen LogP contribution in [0.15, 0.2) is 23.8 Å². The van der Waals surface area contributed by atoms with E-state index in [0.717, 1.165) is 0 Å². The fourth-order valence-corrected chi connectivity index (χ4v) is 2.14. The number of halogens is 3. The van der Waals surface area contributed by atoms with Crippen LogP contribution in [0.3, 0.4) is 0 Å². The van der Waals surface area contributed by atoms with Gasteiger partial charge in [0.2, 0.25) is 0 Å². The summed E-state index contributed by atoms with van der Waals surface area (Å²) >= 11 is 1.27. The zero-order chi connectivity index (χ0) is 12.4. The van der Waals surface area contributed by atoms with Crippen molar-refractivity contribution in [3.63, 3.8) is 0 Å². The Balaban J connectivity index is 2.27. The number of thiazole rings is 1. The maximum absolute atomic E-state index is 13.3. The average molecular weight is 259 g/mol. The van der Waals surface area contributed by atoms with Gasteiger partial charge in [-0.3, -0.25) is 4.98 Å². The summed E-state index contributed by atoms with van der Waals surface area (Å²) in [6.07, 6.45) is 0.202. The number of nitrogens with zero attached hydrogens (tertiary/aromatic N) is 1. The first-order valence-corrected chi connectivity index (χ1v) is 5.65. The second-order valence-corrected chi connectivity index (χ2v) is 4.44. The minimum Gasteiger partial charge on any atom is -0.388 e. The molecule has 1 aromatic heterocycles. The molecule has 17 heavy (non-hydrogen) atoms. The van der Waals surface area contributed by atoms with Crippen molar-refractivity contribution in [2.24, 2.45) is 0 Å². The number of aliphatic hydroxyl groups excluding tert-OH is 1. The molecule has 0 amide bonds. The van der Waals surface area contributed by atoms with E-state index in [1.165, 1.54) is 17.5 Å². The van der Waals surface area contributed by atoms with Crippen LogP contribution in [-0.4, -0.2) is 10.1 Å². The fourth-order valence-electron chi connectivity index (χ4n) is 1.51. The molecule has 0 spiro atoms. The summed E-state index contributed by atoms with van der Waals surface area (Å²) in [6, 6.07) is 1.10. The van der Waals surface area contributed by atoms with Gasteiger partial charge in [-0.2, -0.15) is 0 Å². The predicted molar refractivity (Wildman–Crippen MR) is 57.1 cm³/mol. The van der Waals surface area contributed by atoms with E-state index in [9.17, 15) is 18.3 Å². The summed E-state index contributed by atoms with van der Waals surface area (Å²) in [5, 5.41) is 9.72. The summed E-state index contributed by atoms with van der Waals surface area (Å²) < 4.78 is 39.4. The molecule has 0 aliphatic heterocycles. The van der Waals surface area contributed by atoms with Crippen LogP contribution >= 0.6 is 11.3 Å². The van der Waals surface area contributed by atoms with Crippen molar-refractivity contribution >= 4 is 11.3 Å². The highest BCUT2D eigenvalue weighted by molar-refractivity contribution is 7.09. The fraction of sp³-hybridized carbons (Fsp3) is 0.182. The maximum atomic E-state index is 13.3. The van der Waals surface area contributed by atoms with Gasteiger partial charge in [0.05, 0.1) is 17.2 Å². The quantitative estimate of drug-likeness (QED) is 0.919. The molecule has 2 aromatic rings. The van der Waals surface area contributed by atoms with E-state index >= 15 is 0 Å². The van der Waals surface area contributed by atoms with Crippen molar-refractivity contribution < 1.29 is 18.3 Å². The largest absolute Gasteiger partial charge is 0.388 e. The number of hydrogen-bond donors (Lipinski definition) is 1. The van der Waals surface area contributed by atoms with Crippen molar-refractivity contribution in [1.82, 2.24) is 4.98 Å². The number of aliphatic hydroxyl groups is 1. The van der Waals surface area contributed by atoms with Crippen LogP contribution in [0.2, 0.25) is 0 Å². The molecule has 0 saturated heterocycles. The molecule has 0 fully saturated rings. The Morgan fingerprint density at radius 1 is 1.24 bits per heavy atom. The van der Waals surface area contributed by atoms with Gasteiger partial charge in [0.15, 0.2) is 0 Å². The lowest BCUT2D eigenvalue weighted by Crippen LogP contribution is -2.07. The molecule has 1 atom stereocenters. The number of rotatable bonds is 3. The molecule has 6 heteroatoms. The second-order valence-electron chi connectivity index (χ2n) is 3.47. The van der Waals surface area contributed by atoms with Crippen molar-refractivity contribution in [3.8, 4) is 0 Å². The van der Waals surface area contributed by atoms with Gasteiger partial charge in [0, 0.05) is 29.6 Å². The highest BCUT2D eigenvalue weighted by Gasteiger charge is 2.20. The molecular weight excluding hydrogens is 251 g/mol. The maximum Gasteiger partial charge on any atom is 0.134 e. The van der Waals surface area contributed by atoms with Gasteiger partial charge in [0.25, 0.3) is 0 Å². The third-order valence-electron chi connectivity index (χ3n) is 2.26. The Bertz CT molecular complexity index is 492. The smallest absolute Gasteiger partial charge is 0.134 e. The van der Waals surface area contributed by atoms with E-state index in [0.29, 0.717) is 17.0 Å². The van der Waals surface area contributed by atoms with E-state index < -0.39 is 29.1 Å². The Hall–Kier alpha value is -1.40. The Kier molecular flexibility index (Phi) is 3.44. The van der Waals surface area contributed by atoms with E-state index in [1.54, 1.807) is 5.51 Å². The van der Waals surface area contributed by atoms with E-state index in [-0.39, 0.29) is 6.42 Å². The lowest BCUT2D eigenvalue weighted by atomic mass is 10.0. The molecule has 0 bridgehead atoms. The van der Waals surface area contributed by atoms with Crippen LogP contribution in [0.5, 0.6) is 0 Å². The van der Waals surface area contributed by atoms with Gasteiger partial charge in [-0.25, -0.2) is 13.2 Å². The van der Waals surface area contributed by atoms with E-state index in [1.807, 2.05) is 0 Å². The van der Waals surface area contributed by atoms with Crippen LogP contribution in [-0.2, 0) is 6.42 Å². The Morgan fingerprint density at radius 3 is 2.41 bits per heavy atom. The van der Waals surface area contributed by atoms with Gasteiger partial charge in [-0.1, -0.05) is 0 Å². The molecule has 1 unspecified atom stereocenters. The van der Waals surface area contributed by atoms with Gasteiger partial charge in [-0.15, -0.1) is 11.3 Å². The number of aromatic nitrogens is 1. The monoisotopic (exact) mass is 259 g/mol. The standard InChI is InChI=1S/C11H8F3NOS/c12-6-1-8(13)11(9(14)2-6)10(16)3-7-4-15-5-17-7/h1-2,4-5,10,16H,3H2. The molecule has 2 rings (SSSR count). The highest BCUT2D eigenvalue weighted by Crippen LogP contribution is 2.25. The average Bonchev–Trinajstić information content (AvgIpc) is 2.68. The van der Waals surface area contributed by atoms with Gasteiger partial charge in [-0.05, 0) is 0 Å². The lowest BCUT2D eigenvalue weighted by Gasteiger charge is -2.11. The molecule has 0 saturated carbocycles. The van der Waals surface area contributed by atoms with Crippen molar-refractivity contribution in [2.75, 3.05) is 0 Å². The summed E-state index contributed by atoms with van der Waals surface area (Å²) in [7, 11) is 0.